The van der Waals surface area contributed by atoms with E-state index >= 15 is 0 Å². The third kappa shape index (κ3) is 4.03. The molecule has 0 saturated heterocycles. The van der Waals surface area contributed by atoms with E-state index in [2.05, 4.69) is 13.8 Å². The van der Waals surface area contributed by atoms with Gasteiger partial charge in [0.25, 0.3) is 0 Å². The van der Waals surface area contributed by atoms with Crippen molar-refractivity contribution in [3.8, 4) is 5.75 Å². The van der Waals surface area contributed by atoms with Crippen LogP contribution in [0.4, 0.5) is 8.78 Å². The molecule has 2 aromatic carbocycles. The summed E-state index contributed by atoms with van der Waals surface area (Å²) < 4.78 is 33.2. The standard InChI is InChI=1S/C18H20F2O/c1-3-14(2)15-9-11-17(12-10-15)21-13-18(19,20)16-7-5-4-6-8-16/h4-12,14H,3,13H2,1-2H3. The van der Waals surface area contributed by atoms with E-state index in [0.29, 0.717) is 11.7 Å². The van der Waals surface area contributed by atoms with Crippen LogP contribution in [-0.2, 0) is 5.92 Å². The van der Waals surface area contributed by atoms with E-state index in [0.717, 1.165) is 6.42 Å². The highest BCUT2D eigenvalue weighted by molar-refractivity contribution is 5.29. The van der Waals surface area contributed by atoms with Crippen LogP contribution in [0.5, 0.6) is 5.75 Å². The van der Waals surface area contributed by atoms with E-state index < -0.39 is 12.5 Å². The predicted molar refractivity (Wildman–Crippen MR) is 81.0 cm³/mol. The molecule has 2 aromatic rings. The van der Waals surface area contributed by atoms with Crippen LogP contribution in [0.3, 0.4) is 0 Å². The Bertz CT molecular complexity index is 549. The van der Waals surface area contributed by atoms with Gasteiger partial charge in [-0.15, -0.1) is 0 Å². The molecular weight excluding hydrogens is 270 g/mol. The topological polar surface area (TPSA) is 9.23 Å². The van der Waals surface area contributed by atoms with Crippen molar-refractivity contribution in [3.63, 3.8) is 0 Å². The van der Waals surface area contributed by atoms with E-state index in [1.807, 2.05) is 12.1 Å². The molecule has 1 unspecified atom stereocenters. The number of hydrogen-bond acceptors (Lipinski definition) is 1. The van der Waals surface area contributed by atoms with Crippen LogP contribution in [-0.4, -0.2) is 6.61 Å². The van der Waals surface area contributed by atoms with Crippen molar-refractivity contribution in [2.45, 2.75) is 32.1 Å². The summed E-state index contributed by atoms with van der Waals surface area (Å²) in [5, 5.41) is 0. The van der Waals surface area contributed by atoms with Crippen LogP contribution in [0.1, 0.15) is 37.3 Å². The summed E-state index contributed by atoms with van der Waals surface area (Å²) in [6.45, 7) is 3.61. The molecule has 1 atom stereocenters. The van der Waals surface area contributed by atoms with Crippen molar-refractivity contribution >= 4 is 0 Å². The molecule has 0 amide bonds. The molecular formula is C18H20F2O. The molecule has 3 heteroatoms. The first-order valence-corrected chi connectivity index (χ1v) is 7.19. The summed E-state index contributed by atoms with van der Waals surface area (Å²) in [4.78, 5) is 0. The fourth-order valence-corrected chi connectivity index (χ4v) is 2.07. The molecule has 0 aromatic heterocycles. The van der Waals surface area contributed by atoms with E-state index in [4.69, 9.17) is 4.74 Å². The Kier molecular flexibility index (Phi) is 4.94. The summed E-state index contributed by atoms with van der Waals surface area (Å²) in [6, 6.07) is 15.1. The second kappa shape index (κ2) is 6.70. The molecule has 0 bridgehead atoms. The SMILES string of the molecule is CCC(C)c1ccc(OCC(F)(F)c2ccccc2)cc1. The average Bonchev–Trinajstić information content (AvgIpc) is 2.53. The van der Waals surface area contributed by atoms with Crippen LogP contribution in [0.25, 0.3) is 0 Å². The lowest BCUT2D eigenvalue weighted by molar-refractivity contribution is -0.0467. The van der Waals surface area contributed by atoms with Crippen molar-refractivity contribution in [1.29, 1.82) is 0 Å². The lowest BCUT2D eigenvalue weighted by Crippen LogP contribution is -2.23. The van der Waals surface area contributed by atoms with Gasteiger partial charge in [-0.05, 0) is 30.0 Å². The van der Waals surface area contributed by atoms with E-state index in [1.54, 1.807) is 30.3 Å². The zero-order chi connectivity index (χ0) is 15.3. The number of hydrogen-bond donors (Lipinski definition) is 0. The van der Waals surface area contributed by atoms with Gasteiger partial charge in [0.2, 0.25) is 0 Å². The van der Waals surface area contributed by atoms with Crippen LogP contribution >= 0.6 is 0 Å². The van der Waals surface area contributed by atoms with Crippen LogP contribution in [0, 0.1) is 0 Å². The highest BCUT2D eigenvalue weighted by atomic mass is 19.3. The third-order valence-electron chi connectivity index (χ3n) is 3.68. The Morgan fingerprint density at radius 1 is 1.00 bits per heavy atom. The van der Waals surface area contributed by atoms with Gasteiger partial charge in [0.05, 0.1) is 0 Å². The number of rotatable bonds is 6. The Hall–Kier alpha value is -1.90. The normalized spacial score (nSPS) is 13.0. The molecule has 21 heavy (non-hydrogen) atoms. The highest BCUT2D eigenvalue weighted by Gasteiger charge is 2.32. The molecule has 0 saturated carbocycles. The smallest absolute Gasteiger partial charge is 0.306 e. The zero-order valence-corrected chi connectivity index (χ0v) is 12.4. The van der Waals surface area contributed by atoms with Crippen molar-refractivity contribution in [3.05, 3.63) is 65.7 Å². The molecule has 1 nitrogen and oxygen atoms in total. The molecule has 0 spiro atoms. The van der Waals surface area contributed by atoms with E-state index in [1.165, 1.54) is 17.7 Å². The van der Waals surface area contributed by atoms with Crippen LogP contribution < -0.4 is 4.74 Å². The fourth-order valence-electron chi connectivity index (χ4n) is 2.07. The molecule has 0 aliphatic rings. The predicted octanol–water partition coefficient (Wildman–Crippen LogP) is 5.37. The lowest BCUT2D eigenvalue weighted by Gasteiger charge is -2.18. The summed E-state index contributed by atoms with van der Waals surface area (Å²) in [6.07, 6.45) is 1.05. The zero-order valence-electron chi connectivity index (χ0n) is 12.4. The molecule has 0 fully saturated rings. The average molecular weight is 290 g/mol. The Morgan fingerprint density at radius 2 is 1.62 bits per heavy atom. The van der Waals surface area contributed by atoms with Crippen LogP contribution in [0.2, 0.25) is 0 Å². The largest absolute Gasteiger partial charge is 0.487 e. The van der Waals surface area contributed by atoms with Crippen LogP contribution in [0.15, 0.2) is 54.6 Å². The Labute approximate surface area is 124 Å². The summed E-state index contributed by atoms with van der Waals surface area (Å²) in [7, 11) is 0. The van der Waals surface area contributed by atoms with Gasteiger partial charge in [-0.3, -0.25) is 0 Å². The number of ether oxygens (including phenoxy) is 1. The molecule has 112 valence electrons. The van der Waals surface area contributed by atoms with Gasteiger partial charge in [0, 0.05) is 5.56 Å². The minimum Gasteiger partial charge on any atom is -0.487 e. The maximum Gasteiger partial charge on any atom is 0.306 e. The van der Waals surface area contributed by atoms with Gasteiger partial charge in [-0.25, -0.2) is 0 Å². The molecule has 0 N–H and O–H groups in total. The fraction of sp³-hybridized carbons (Fsp3) is 0.333. The van der Waals surface area contributed by atoms with Gasteiger partial charge in [-0.2, -0.15) is 8.78 Å². The van der Waals surface area contributed by atoms with Gasteiger partial charge < -0.3 is 4.74 Å². The van der Waals surface area contributed by atoms with Gasteiger partial charge >= 0.3 is 5.92 Å². The molecule has 2 rings (SSSR count). The van der Waals surface area contributed by atoms with Gasteiger partial charge in [-0.1, -0.05) is 56.3 Å². The number of alkyl halides is 2. The monoisotopic (exact) mass is 290 g/mol. The Balaban J connectivity index is 1.99. The first kappa shape index (κ1) is 15.5. The molecule has 0 heterocycles. The summed E-state index contributed by atoms with van der Waals surface area (Å²) in [5.41, 5.74) is 1.17. The maximum absolute atomic E-state index is 14.0. The minimum absolute atomic E-state index is 0.0266. The third-order valence-corrected chi connectivity index (χ3v) is 3.68. The van der Waals surface area contributed by atoms with Crippen molar-refractivity contribution in [2.75, 3.05) is 6.61 Å². The first-order chi connectivity index (χ1) is 10.0. The maximum atomic E-state index is 14.0. The van der Waals surface area contributed by atoms with E-state index in [-0.39, 0.29) is 5.56 Å². The van der Waals surface area contributed by atoms with Crippen molar-refractivity contribution < 1.29 is 13.5 Å². The second-order valence-electron chi connectivity index (χ2n) is 5.24. The summed E-state index contributed by atoms with van der Waals surface area (Å²) in [5.74, 6) is -2.06. The summed E-state index contributed by atoms with van der Waals surface area (Å²) >= 11 is 0. The van der Waals surface area contributed by atoms with Gasteiger partial charge in [0.1, 0.15) is 5.75 Å². The number of benzene rings is 2. The molecule has 0 aliphatic carbocycles. The van der Waals surface area contributed by atoms with Crippen molar-refractivity contribution in [2.24, 2.45) is 0 Å². The minimum atomic E-state index is -2.99. The highest BCUT2D eigenvalue weighted by Crippen LogP contribution is 2.29. The molecule has 0 radical (unpaired) electrons. The van der Waals surface area contributed by atoms with Crippen molar-refractivity contribution in [1.82, 2.24) is 0 Å². The van der Waals surface area contributed by atoms with E-state index in [9.17, 15) is 8.78 Å². The lowest BCUT2D eigenvalue weighted by atomic mass is 9.99. The second-order valence-corrected chi connectivity index (χ2v) is 5.24. The Morgan fingerprint density at radius 3 is 2.19 bits per heavy atom. The first-order valence-electron chi connectivity index (χ1n) is 7.19. The van der Waals surface area contributed by atoms with Gasteiger partial charge in [0.15, 0.2) is 6.61 Å². The quantitative estimate of drug-likeness (QED) is 0.695. The number of halogens is 2. The molecule has 0 aliphatic heterocycles.